The van der Waals surface area contributed by atoms with E-state index in [1.807, 2.05) is 34.8 Å². The van der Waals surface area contributed by atoms with Crippen LogP contribution >= 0.6 is 0 Å². The van der Waals surface area contributed by atoms with Gasteiger partial charge in [-0.15, -0.1) is 0 Å². The van der Waals surface area contributed by atoms with Crippen LogP contribution in [0.25, 0.3) is 16.7 Å². The van der Waals surface area contributed by atoms with Gasteiger partial charge in [0.05, 0.1) is 0 Å². The number of nitrogens with two attached hydrogens (primary N) is 2. The first-order valence-electron chi connectivity index (χ1n) is 12.2. The highest BCUT2D eigenvalue weighted by Gasteiger charge is 2.32. The van der Waals surface area contributed by atoms with Crippen LogP contribution in [0.4, 0.5) is 8.78 Å². The van der Waals surface area contributed by atoms with Gasteiger partial charge < -0.3 is 20.6 Å². The fourth-order valence-electron chi connectivity index (χ4n) is 4.06. The van der Waals surface area contributed by atoms with Gasteiger partial charge >= 0.3 is 0 Å². The topological polar surface area (TPSA) is 119 Å². The van der Waals surface area contributed by atoms with Gasteiger partial charge in [-0.05, 0) is 62.1 Å². The Morgan fingerprint density at radius 3 is 2.49 bits per heavy atom. The zero-order valence-electron chi connectivity index (χ0n) is 20.9. The van der Waals surface area contributed by atoms with Gasteiger partial charge in [0.1, 0.15) is 5.65 Å². The van der Waals surface area contributed by atoms with E-state index >= 15 is 0 Å². The smallest absolute Gasteiger partial charge is 0.250 e. The van der Waals surface area contributed by atoms with Crippen molar-refractivity contribution in [2.75, 3.05) is 20.1 Å². The number of hydrogen-bond donors (Lipinski definition) is 3. The molecular weight excluding hydrogens is 478 g/mol. The van der Waals surface area contributed by atoms with Gasteiger partial charge in [-0.3, -0.25) is 15.4 Å². The number of benzene rings is 1. The number of alkyl halides is 2. The van der Waals surface area contributed by atoms with E-state index in [0.29, 0.717) is 24.6 Å². The molecule has 1 saturated heterocycles. The van der Waals surface area contributed by atoms with Crippen molar-refractivity contribution in [3.63, 3.8) is 0 Å². The second kappa shape index (κ2) is 13.1. The Kier molecular flexibility index (Phi) is 9.87. The summed E-state index contributed by atoms with van der Waals surface area (Å²) in [6.45, 7) is 1.07. The Hall–Kier alpha value is -3.63. The molecule has 198 valence electrons. The highest BCUT2D eigenvalue weighted by atomic mass is 19.3. The van der Waals surface area contributed by atoms with Gasteiger partial charge in [0.25, 0.3) is 5.92 Å². The van der Waals surface area contributed by atoms with Crippen molar-refractivity contribution in [3.05, 3.63) is 71.7 Å². The lowest BCUT2D eigenvalue weighted by Crippen LogP contribution is -2.36. The molecular formula is C27H34F2N6O2. The van der Waals surface area contributed by atoms with Gasteiger partial charge in [-0.25, -0.2) is 13.8 Å². The predicted molar refractivity (Wildman–Crippen MR) is 140 cm³/mol. The normalized spacial score (nSPS) is 17.1. The number of amides is 1. The van der Waals surface area contributed by atoms with Gasteiger partial charge in [0, 0.05) is 60.7 Å². The number of primary amides is 1. The van der Waals surface area contributed by atoms with E-state index in [-0.39, 0.29) is 19.3 Å². The Labute approximate surface area is 215 Å². The number of nitrogens with one attached hydrogen (secondary N) is 1. The summed E-state index contributed by atoms with van der Waals surface area (Å²) < 4.78 is 26.7. The molecule has 1 aliphatic heterocycles. The van der Waals surface area contributed by atoms with Crippen LogP contribution in [-0.4, -0.2) is 53.2 Å². The number of halogens is 2. The summed E-state index contributed by atoms with van der Waals surface area (Å²) in [7, 11) is 1.87. The first-order valence-corrected chi connectivity index (χ1v) is 12.2. The first-order chi connectivity index (χ1) is 17.8. The average Bonchev–Trinajstić information content (AvgIpc) is 3.65. The molecule has 8 nitrogen and oxygen atoms in total. The Morgan fingerprint density at radius 1 is 1.19 bits per heavy atom. The molecule has 1 amide bonds. The number of pyridine rings is 1. The molecule has 37 heavy (non-hydrogen) atoms. The van der Waals surface area contributed by atoms with Crippen molar-refractivity contribution in [1.29, 1.82) is 0 Å². The molecule has 0 spiro atoms. The summed E-state index contributed by atoms with van der Waals surface area (Å²) in [4.78, 5) is 25.9. The number of likely N-dealkylation sites (tertiary alicyclic amines) is 1. The van der Waals surface area contributed by atoms with E-state index < -0.39 is 5.92 Å². The number of allylic oxidation sites excluding steroid dienone is 2. The Balaban J connectivity index is 0.000000265. The molecule has 10 heteroatoms. The molecule has 1 saturated carbocycles. The summed E-state index contributed by atoms with van der Waals surface area (Å²) >= 11 is 0. The highest BCUT2D eigenvalue weighted by molar-refractivity contribution is 5.85. The minimum atomic E-state index is -2.38. The number of aromatic nitrogens is 2. The molecule has 3 aromatic rings. The first kappa shape index (κ1) is 27.9. The van der Waals surface area contributed by atoms with E-state index in [4.69, 9.17) is 10.6 Å². The number of nitrogens with zero attached hydrogens (tertiary/aromatic N) is 3. The lowest BCUT2D eigenvalue weighted by Gasteiger charge is -2.28. The van der Waals surface area contributed by atoms with E-state index in [0.717, 1.165) is 35.1 Å². The molecule has 0 unspecified atom stereocenters. The summed E-state index contributed by atoms with van der Waals surface area (Å²) in [5, 5.41) is 0.957. The maximum Gasteiger partial charge on any atom is 0.250 e. The maximum atomic E-state index is 12.4. The largest absolute Gasteiger partial charge is 0.372 e. The SMILES string of the molecule is CN1CCC(F)(F)CC1.NC=O.NN/C(=C\Cc1cccc(-n2ccc3cc(C=O)cnc32)c1)C1CC1. The van der Waals surface area contributed by atoms with Crippen molar-refractivity contribution in [3.8, 4) is 5.69 Å². The van der Waals surface area contributed by atoms with Crippen LogP contribution in [0.5, 0.6) is 0 Å². The zero-order chi connectivity index (χ0) is 26.8. The standard InChI is InChI=1S/C20H20N4O.C6H11F2N.CH3NO/c21-23-19(16-5-6-16)7-4-14-2-1-3-18(11-14)24-9-8-17-10-15(13-25)12-22-20(17)24;1-9-4-2-6(7,8)3-5-9;2-1-3/h1-3,7-13,16,23H,4-6,21H2;2-5H2,1H3;1H,(H2,2,3)/b19-7-;;. The van der Waals surface area contributed by atoms with Crippen LogP contribution in [0.2, 0.25) is 0 Å². The number of carbonyl (C=O) groups excluding carboxylic acids is 2. The minimum absolute atomic E-state index is 0.0312. The zero-order valence-corrected chi connectivity index (χ0v) is 20.9. The molecule has 1 aromatic carbocycles. The predicted octanol–water partition coefficient (Wildman–Crippen LogP) is 3.59. The second-order valence-corrected chi connectivity index (χ2v) is 9.23. The van der Waals surface area contributed by atoms with Crippen LogP contribution in [-0.2, 0) is 11.2 Å². The number of fused-ring (bicyclic) bond motifs is 1. The Morgan fingerprint density at radius 2 is 1.89 bits per heavy atom. The van der Waals surface area contributed by atoms with Crippen LogP contribution in [0.3, 0.4) is 0 Å². The second-order valence-electron chi connectivity index (χ2n) is 9.23. The number of aldehydes is 1. The van der Waals surface area contributed by atoms with Gasteiger partial charge in [0.2, 0.25) is 6.41 Å². The van der Waals surface area contributed by atoms with Crippen molar-refractivity contribution < 1.29 is 18.4 Å². The van der Waals surface area contributed by atoms with Crippen LogP contribution in [0.15, 0.2) is 60.6 Å². The van der Waals surface area contributed by atoms with Crippen LogP contribution < -0.4 is 17.0 Å². The number of carbonyl (C=O) groups is 2. The van der Waals surface area contributed by atoms with Gasteiger partial charge in [-0.1, -0.05) is 18.2 Å². The molecule has 0 atom stereocenters. The molecule has 0 bridgehead atoms. The number of piperidine rings is 1. The number of hydrazine groups is 1. The summed E-state index contributed by atoms with van der Waals surface area (Å²) in [6, 6.07) is 12.2. The maximum absolute atomic E-state index is 12.4. The van der Waals surface area contributed by atoms with E-state index in [9.17, 15) is 13.6 Å². The van der Waals surface area contributed by atoms with Crippen molar-refractivity contribution in [2.24, 2.45) is 17.5 Å². The third-order valence-corrected chi connectivity index (χ3v) is 6.33. The van der Waals surface area contributed by atoms with E-state index in [1.54, 1.807) is 6.20 Å². The molecule has 5 N–H and O–H groups in total. The van der Waals surface area contributed by atoms with Crippen molar-refractivity contribution in [2.45, 2.75) is 38.0 Å². The van der Waals surface area contributed by atoms with Crippen molar-refractivity contribution in [1.82, 2.24) is 19.9 Å². The number of rotatable bonds is 6. The molecule has 1 aliphatic carbocycles. The average molecular weight is 513 g/mol. The molecule has 2 aliphatic rings. The van der Waals surface area contributed by atoms with Gasteiger partial charge in [0.15, 0.2) is 6.29 Å². The lowest BCUT2D eigenvalue weighted by atomic mass is 10.1. The van der Waals surface area contributed by atoms with Crippen LogP contribution in [0, 0.1) is 5.92 Å². The summed E-state index contributed by atoms with van der Waals surface area (Å²) in [5.41, 5.74) is 11.8. The van der Waals surface area contributed by atoms with Crippen molar-refractivity contribution >= 4 is 23.7 Å². The number of hydrogen-bond acceptors (Lipinski definition) is 6. The lowest BCUT2D eigenvalue weighted by molar-refractivity contribution is -0.106. The molecule has 0 radical (unpaired) electrons. The molecule has 5 rings (SSSR count). The fraction of sp³-hybridized carbons (Fsp3) is 0.370. The molecule has 3 heterocycles. The monoisotopic (exact) mass is 512 g/mol. The quantitative estimate of drug-likeness (QED) is 0.264. The third-order valence-electron chi connectivity index (χ3n) is 6.33. The highest BCUT2D eigenvalue weighted by Crippen LogP contribution is 2.34. The van der Waals surface area contributed by atoms with Gasteiger partial charge in [-0.2, -0.15) is 0 Å². The van der Waals surface area contributed by atoms with Crippen LogP contribution in [0.1, 0.15) is 41.6 Å². The minimum Gasteiger partial charge on any atom is -0.372 e. The third kappa shape index (κ3) is 8.19. The fourth-order valence-corrected chi connectivity index (χ4v) is 4.06. The Bertz CT molecular complexity index is 1210. The summed E-state index contributed by atoms with van der Waals surface area (Å²) in [5.74, 6) is 3.84. The van der Waals surface area contributed by atoms with E-state index in [1.165, 1.54) is 18.4 Å². The summed E-state index contributed by atoms with van der Waals surface area (Å²) in [6.07, 6.45) is 10.2. The molecule has 2 aromatic heterocycles. The molecule has 2 fully saturated rings. The van der Waals surface area contributed by atoms with E-state index in [2.05, 4.69) is 46.5 Å².